The van der Waals surface area contributed by atoms with Crippen molar-refractivity contribution in [3.8, 4) is 0 Å². The summed E-state index contributed by atoms with van der Waals surface area (Å²) in [4.78, 5) is 30.3. The number of amides is 2. The van der Waals surface area contributed by atoms with Crippen molar-refractivity contribution in [1.29, 1.82) is 0 Å². The Morgan fingerprint density at radius 3 is 2.96 bits per heavy atom. The lowest BCUT2D eigenvalue weighted by molar-refractivity contribution is -0.129. The Bertz CT molecular complexity index is 711. The number of hydrogen-bond donors (Lipinski definition) is 1. The maximum absolute atomic E-state index is 12.2. The highest BCUT2D eigenvalue weighted by Gasteiger charge is 2.34. The number of aromatic nitrogens is 1. The number of hydrogen-bond acceptors (Lipinski definition) is 4. The second-order valence-corrected chi connectivity index (χ2v) is 6.05. The first kappa shape index (κ1) is 16.2. The second kappa shape index (κ2) is 7.29. The minimum absolute atomic E-state index is 0.00228. The van der Waals surface area contributed by atoms with Crippen LogP contribution in [0.4, 0.5) is 0 Å². The lowest BCUT2D eigenvalue weighted by atomic mass is 10.1. The van der Waals surface area contributed by atoms with E-state index in [-0.39, 0.29) is 24.2 Å². The van der Waals surface area contributed by atoms with E-state index in [0.29, 0.717) is 26.1 Å². The van der Waals surface area contributed by atoms with Crippen LogP contribution >= 0.6 is 0 Å². The number of carbonyl (C=O) groups is 2. The van der Waals surface area contributed by atoms with E-state index in [1.54, 1.807) is 11.1 Å². The molecular weight excluding hydrogens is 306 g/mol. The fourth-order valence-electron chi connectivity index (χ4n) is 2.86. The lowest BCUT2D eigenvalue weighted by Crippen LogP contribution is -2.34. The Hall–Kier alpha value is -2.63. The van der Waals surface area contributed by atoms with Crippen molar-refractivity contribution in [2.75, 3.05) is 13.1 Å². The SMILES string of the molecule is Cc1ccc(CCNC(=O)[C@H]2CC(=O)N(Cc3ccccn3)C2)o1. The van der Waals surface area contributed by atoms with E-state index in [9.17, 15) is 9.59 Å². The number of nitrogens with zero attached hydrogens (tertiary/aromatic N) is 2. The minimum atomic E-state index is -0.292. The van der Waals surface area contributed by atoms with Crippen molar-refractivity contribution < 1.29 is 14.0 Å². The molecule has 1 N–H and O–H groups in total. The second-order valence-electron chi connectivity index (χ2n) is 6.05. The van der Waals surface area contributed by atoms with Crippen LogP contribution in [0.3, 0.4) is 0 Å². The Morgan fingerprint density at radius 2 is 2.25 bits per heavy atom. The van der Waals surface area contributed by atoms with Crippen molar-refractivity contribution in [2.24, 2.45) is 5.92 Å². The molecule has 1 saturated heterocycles. The zero-order valence-electron chi connectivity index (χ0n) is 13.7. The molecular formula is C18H21N3O3. The van der Waals surface area contributed by atoms with E-state index >= 15 is 0 Å². The standard InChI is InChI=1S/C18H21N3O3/c1-13-5-6-16(24-13)7-9-20-18(23)14-10-17(22)21(11-14)12-15-4-2-3-8-19-15/h2-6,8,14H,7,9-12H2,1H3,(H,20,23)/t14-/m0/s1. The summed E-state index contributed by atoms with van der Waals surface area (Å²) in [7, 11) is 0. The molecule has 2 aromatic heterocycles. The molecule has 0 aromatic carbocycles. The minimum Gasteiger partial charge on any atom is -0.466 e. The molecule has 6 heteroatoms. The summed E-state index contributed by atoms with van der Waals surface area (Å²) in [5, 5.41) is 2.89. The molecule has 2 aromatic rings. The molecule has 2 amide bonds. The fraction of sp³-hybridized carbons (Fsp3) is 0.389. The van der Waals surface area contributed by atoms with Gasteiger partial charge in [0.1, 0.15) is 11.5 Å². The van der Waals surface area contributed by atoms with Gasteiger partial charge in [-0.1, -0.05) is 6.07 Å². The molecule has 126 valence electrons. The van der Waals surface area contributed by atoms with Gasteiger partial charge >= 0.3 is 0 Å². The van der Waals surface area contributed by atoms with E-state index in [0.717, 1.165) is 17.2 Å². The topological polar surface area (TPSA) is 75.4 Å². The summed E-state index contributed by atoms with van der Waals surface area (Å²) in [6, 6.07) is 9.43. The van der Waals surface area contributed by atoms with E-state index in [1.165, 1.54) is 0 Å². The molecule has 1 aliphatic heterocycles. The number of rotatable bonds is 6. The summed E-state index contributed by atoms with van der Waals surface area (Å²) in [6.07, 6.45) is 2.62. The summed E-state index contributed by atoms with van der Waals surface area (Å²) < 4.78 is 5.47. The largest absolute Gasteiger partial charge is 0.466 e. The molecule has 0 unspecified atom stereocenters. The van der Waals surface area contributed by atoms with Crippen LogP contribution in [-0.4, -0.2) is 34.8 Å². The van der Waals surface area contributed by atoms with Crippen LogP contribution in [0.1, 0.15) is 23.6 Å². The maximum atomic E-state index is 12.2. The highest BCUT2D eigenvalue weighted by Crippen LogP contribution is 2.19. The van der Waals surface area contributed by atoms with Gasteiger partial charge in [-0.15, -0.1) is 0 Å². The zero-order chi connectivity index (χ0) is 16.9. The number of likely N-dealkylation sites (tertiary alicyclic amines) is 1. The number of nitrogens with one attached hydrogen (secondary N) is 1. The highest BCUT2D eigenvalue weighted by molar-refractivity contribution is 5.89. The van der Waals surface area contributed by atoms with E-state index in [4.69, 9.17) is 4.42 Å². The third-order valence-corrected chi connectivity index (χ3v) is 4.13. The van der Waals surface area contributed by atoms with Crippen LogP contribution in [-0.2, 0) is 22.6 Å². The van der Waals surface area contributed by atoms with Gasteiger partial charge in [0.25, 0.3) is 0 Å². The first-order chi connectivity index (χ1) is 11.6. The Morgan fingerprint density at radius 1 is 1.38 bits per heavy atom. The number of carbonyl (C=O) groups excluding carboxylic acids is 2. The van der Waals surface area contributed by atoms with E-state index in [1.807, 2.05) is 37.3 Å². The van der Waals surface area contributed by atoms with Gasteiger partial charge in [0.2, 0.25) is 11.8 Å². The predicted octanol–water partition coefficient (Wildman–Crippen LogP) is 1.69. The zero-order valence-corrected chi connectivity index (χ0v) is 13.7. The Balaban J connectivity index is 1.47. The van der Waals surface area contributed by atoms with E-state index in [2.05, 4.69) is 10.3 Å². The Labute approximate surface area is 140 Å². The van der Waals surface area contributed by atoms with Crippen molar-refractivity contribution in [1.82, 2.24) is 15.2 Å². The fourth-order valence-corrected chi connectivity index (χ4v) is 2.86. The molecule has 0 aliphatic carbocycles. The average molecular weight is 327 g/mol. The van der Waals surface area contributed by atoms with Crippen molar-refractivity contribution in [2.45, 2.75) is 26.3 Å². The van der Waals surface area contributed by atoms with Gasteiger partial charge in [0.15, 0.2) is 0 Å². The van der Waals surface area contributed by atoms with Crippen molar-refractivity contribution in [3.05, 3.63) is 53.7 Å². The third-order valence-electron chi connectivity index (χ3n) is 4.13. The summed E-state index contributed by atoms with van der Waals surface area (Å²) in [5.41, 5.74) is 0.833. The molecule has 0 bridgehead atoms. The summed E-state index contributed by atoms with van der Waals surface area (Å²) in [5.74, 6) is 1.35. The van der Waals surface area contributed by atoms with Crippen LogP contribution in [0, 0.1) is 12.8 Å². The summed E-state index contributed by atoms with van der Waals surface area (Å²) >= 11 is 0. The average Bonchev–Trinajstić information content (AvgIpc) is 3.15. The van der Waals surface area contributed by atoms with Crippen LogP contribution in [0.5, 0.6) is 0 Å². The normalized spacial score (nSPS) is 17.3. The van der Waals surface area contributed by atoms with Gasteiger partial charge in [-0.25, -0.2) is 0 Å². The summed E-state index contributed by atoms with van der Waals surface area (Å²) in [6.45, 7) is 3.30. The molecule has 0 spiro atoms. The molecule has 1 atom stereocenters. The maximum Gasteiger partial charge on any atom is 0.225 e. The van der Waals surface area contributed by atoms with Crippen LogP contribution < -0.4 is 5.32 Å². The molecule has 1 aliphatic rings. The van der Waals surface area contributed by atoms with Gasteiger partial charge in [-0.2, -0.15) is 0 Å². The number of pyridine rings is 1. The quantitative estimate of drug-likeness (QED) is 0.876. The van der Waals surface area contributed by atoms with Gasteiger partial charge in [-0.05, 0) is 31.2 Å². The number of furan rings is 1. The molecule has 1 fully saturated rings. The van der Waals surface area contributed by atoms with Crippen molar-refractivity contribution in [3.63, 3.8) is 0 Å². The van der Waals surface area contributed by atoms with Gasteiger partial charge < -0.3 is 14.6 Å². The van der Waals surface area contributed by atoms with Gasteiger partial charge in [0, 0.05) is 32.1 Å². The molecule has 6 nitrogen and oxygen atoms in total. The van der Waals surface area contributed by atoms with Crippen LogP contribution in [0.2, 0.25) is 0 Å². The lowest BCUT2D eigenvalue weighted by Gasteiger charge is -2.16. The molecule has 3 rings (SSSR count). The van der Waals surface area contributed by atoms with Crippen molar-refractivity contribution >= 4 is 11.8 Å². The van der Waals surface area contributed by atoms with Gasteiger partial charge in [-0.3, -0.25) is 14.6 Å². The molecule has 0 radical (unpaired) electrons. The molecule has 24 heavy (non-hydrogen) atoms. The van der Waals surface area contributed by atoms with Crippen LogP contribution in [0.25, 0.3) is 0 Å². The van der Waals surface area contributed by atoms with Gasteiger partial charge in [0.05, 0.1) is 18.2 Å². The third kappa shape index (κ3) is 4.01. The highest BCUT2D eigenvalue weighted by atomic mass is 16.3. The van der Waals surface area contributed by atoms with Crippen LogP contribution in [0.15, 0.2) is 40.9 Å². The first-order valence-corrected chi connectivity index (χ1v) is 8.12. The Kier molecular flexibility index (Phi) is 4.93. The molecule has 0 saturated carbocycles. The number of aryl methyl sites for hydroxylation is 1. The smallest absolute Gasteiger partial charge is 0.225 e. The predicted molar refractivity (Wildman–Crippen MR) is 87.9 cm³/mol. The first-order valence-electron chi connectivity index (χ1n) is 8.12. The monoisotopic (exact) mass is 327 g/mol. The molecule has 3 heterocycles. The van der Waals surface area contributed by atoms with E-state index < -0.39 is 0 Å².